The van der Waals surface area contributed by atoms with Crippen LogP contribution in [-0.2, 0) is 25.5 Å². The Balaban J connectivity index is 1.92. The van der Waals surface area contributed by atoms with Gasteiger partial charge in [-0.3, -0.25) is 19.8 Å². The molecule has 0 aliphatic rings. The lowest BCUT2D eigenvalue weighted by Crippen LogP contribution is -2.33. The molecule has 3 N–H and O–H groups in total. The van der Waals surface area contributed by atoms with E-state index in [1.54, 1.807) is 19.9 Å². The number of esters is 2. The number of hydrogen-bond acceptors (Lipinski definition) is 8. The zero-order chi connectivity index (χ0) is 27.1. The van der Waals surface area contributed by atoms with Crippen LogP contribution >= 0.6 is 8.22 Å². The first-order valence-corrected chi connectivity index (χ1v) is 13.9. The van der Waals surface area contributed by atoms with Gasteiger partial charge in [0, 0.05) is 5.39 Å². The highest BCUT2D eigenvalue weighted by atomic mass is 31.1. The van der Waals surface area contributed by atoms with Gasteiger partial charge in [-0.05, 0) is 86.1 Å². The third kappa shape index (κ3) is 7.31. The summed E-state index contributed by atoms with van der Waals surface area (Å²) in [5, 5.41) is 17.5. The number of rotatable bonds is 12. The molecule has 1 heterocycles. The number of carbonyl (C=O) groups is 2. The van der Waals surface area contributed by atoms with Crippen molar-refractivity contribution in [2.75, 3.05) is 26.3 Å². The number of aryl methyl sites for hydroxylation is 2. The maximum absolute atomic E-state index is 12.0. The Bertz CT molecular complexity index is 1230. The Morgan fingerprint density at radius 1 is 1.00 bits per heavy atom. The van der Waals surface area contributed by atoms with Gasteiger partial charge in [-0.2, -0.15) is 0 Å². The van der Waals surface area contributed by atoms with Crippen molar-refractivity contribution in [3.05, 3.63) is 58.1 Å². The highest BCUT2D eigenvalue weighted by molar-refractivity contribution is 7.61. The minimum atomic E-state index is -1.38. The van der Waals surface area contributed by atoms with E-state index in [0.29, 0.717) is 24.5 Å². The number of ether oxygens (including phenoxy) is 2. The van der Waals surface area contributed by atoms with Gasteiger partial charge in [0.2, 0.25) is 0 Å². The summed E-state index contributed by atoms with van der Waals surface area (Å²) in [6.45, 7) is 12.3. The van der Waals surface area contributed by atoms with Crippen LogP contribution in [0.4, 0.5) is 0 Å². The second-order valence-electron chi connectivity index (χ2n) is 9.13. The summed E-state index contributed by atoms with van der Waals surface area (Å²) in [6.07, 6.45) is 0.727. The molecule has 0 spiro atoms. The number of benzene rings is 2. The molecule has 0 unspecified atom stereocenters. The summed E-state index contributed by atoms with van der Waals surface area (Å²) in [7, 11) is -1.38. The molecule has 1 aromatic heterocycles. The molecule has 3 aromatic rings. The zero-order valence-corrected chi connectivity index (χ0v) is 23.3. The summed E-state index contributed by atoms with van der Waals surface area (Å²) < 4.78 is 16.3. The van der Waals surface area contributed by atoms with Gasteiger partial charge in [0.05, 0.1) is 26.3 Å². The summed E-state index contributed by atoms with van der Waals surface area (Å²) in [5.41, 5.74) is 6.83. The van der Waals surface area contributed by atoms with E-state index in [1.807, 2.05) is 18.2 Å². The lowest BCUT2D eigenvalue weighted by molar-refractivity contribution is -0.142. The first-order chi connectivity index (χ1) is 17.6. The SMILES string of the molecule is CCOC(=O)CNP(NCC(=O)OCC)c1cc2c(C)c(Cc3ccc(O)c(C(C)C)c3)c(C)cc2o1. The summed E-state index contributed by atoms with van der Waals surface area (Å²) in [4.78, 5) is 23.9. The van der Waals surface area contributed by atoms with E-state index in [1.165, 1.54) is 5.56 Å². The molecule has 0 atom stereocenters. The van der Waals surface area contributed by atoms with Gasteiger partial charge < -0.3 is 19.0 Å². The lowest BCUT2D eigenvalue weighted by Gasteiger charge is -2.16. The Kier molecular flexibility index (Phi) is 10.1. The number of aromatic hydroxyl groups is 1. The van der Waals surface area contributed by atoms with E-state index in [9.17, 15) is 14.7 Å². The van der Waals surface area contributed by atoms with Crippen LogP contribution in [0.1, 0.15) is 61.4 Å². The number of carbonyl (C=O) groups excluding carboxylic acids is 2. The number of phenols is 1. The average molecular weight is 529 g/mol. The lowest BCUT2D eigenvalue weighted by atomic mass is 9.91. The van der Waals surface area contributed by atoms with Crippen LogP contribution in [0.25, 0.3) is 11.0 Å². The van der Waals surface area contributed by atoms with Crippen LogP contribution in [0.2, 0.25) is 0 Å². The van der Waals surface area contributed by atoms with Crippen LogP contribution in [0.3, 0.4) is 0 Å². The van der Waals surface area contributed by atoms with E-state index < -0.39 is 8.22 Å². The fraction of sp³-hybridized carbons (Fsp3) is 0.429. The molecule has 8 nitrogen and oxygen atoms in total. The van der Waals surface area contributed by atoms with Crippen LogP contribution in [0.15, 0.2) is 34.7 Å². The summed E-state index contributed by atoms with van der Waals surface area (Å²) in [6, 6.07) is 9.79. The zero-order valence-electron chi connectivity index (χ0n) is 22.4. The molecule has 0 bridgehead atoms. The quantitative estimate of drug-likeness (QED) is 0.229. The van der Waals surface area contributed by atoms with Gasteiger partial charge in [0.1, 0.15) is 19.6 Å². The van der Waals surface area contributed by atoms with Gasteiger partial charge in [0.25, 0.3) is 0 Å². The molecule has 37 heavy (non-hydrogen) atoms. The number of furan rings is 1. The molecule has 2 aromatic carbocycles. The molecule has 3 rings (SSSR count). The molecular weight excluding hydrogens is 491 g/mol. The van der Waals surface area contributed by atoms with E-state index in [2.05, 4.69) is 43.9 Å². The van der Waals surface area contributed by atoms with Crippen molar-refractivity contribution < 1.29 is 28.6 Å². The molecule has 0 saturated heterocycles. The topological polar surface area (TPSA) is 110 Å². The van der Waals surface area contributed by atoms with Gasteiger partial charge in [-0.1, -0.05) is 26.0 Å². The van der Waals surface area contributed by atoms with Crippen molar-refractivity contribution in [1.29, 1.82) is 0 Å². The third-order valence-electron chi connectivity index (χ3n) is 6.12. The minimum Gasteiger partial charge on any atom is -0.508 e. The highest BCUT2D eigenvalue weighted by Crippen LogP contribution is 2.34. The maximum atomic E-state index is 12.0. The van der Waals surface area contributed by atoms with Crippen LogP contribution < -0.4 is 15.7 Å². The highest BCUT2D eigenvalue weighted by Gasteiger charge is 2.21. The van der Waals surface area contributed by atoms with Crippen molar-refractivity contribution in [2.24, 2.45) is 0 Å². The molecule has 0 fully saturated rings. The number of phenolic OH excluding ortho intramolecular Hbond substituents is 1. The van der Waals surface area contributed by atoms with Crippen LogP contribution in [0, 0.1) is 13.8 Å². The van der Waals surface area contributed by atoms with Crippen molar-refractivity contribution in [1.82, 2.24) is 10.2 Å². The second kappa shape index (κ2) is 13.0. The van der Waals surface area contributed by atoms with E-state index in [0.717, 1.165) is 39.6 Å². The standard InChI is InChI=1S/C28H37N2O6P/c1-7-34-26(32)15-29-37(30-16-27(33)35-8-2)28-14-23-19(6)22(18(5)11-25(23)36-28)13-20-9-10-24(31)21(12-20)17(3)4/h9-12,14,17,29-31H,7-8,13,15-16H2,1-6H3. The Hall–Kier alpha value is -2.93. The number of nitrogens with one attached hydrogen (secondary N) is 2. The van der Waals surface area contributed by atoms with Gasteiger partial charge in [0.15, 0.2) is 5.50 Å². The molecular formula is C28H37N2O6P. The maximum Gasteiger partial charge on any atom is 0.320 e. The molecule has 0 radical (unpaired) electrons. The minimum absolute atomic E-state index is 0.0191. The van der Waals surface area contributed by atoms with Gasteiger partial charge in [-0.15, -0.1) is 0 Å². The van der Waals surface area contributed by atoms with Crippen molar-refractivity contribution >= 4 is 36.6 Å². The van der Waals surface area contributed by atoms with E-state index in [-0.39, 0.29) is 30.9 Å². The molecule has 0 aliphatic carbocycles. The molecule has 0 saturated carbocycles. The van der Waals surface area contributed by atoms with E-state index >= 15 is 0 Å². The van der Waals surface area contributed by atoms with E-state index in [4.69, 9.17) is 13.9 Å². The second-order valence-corrected chi connectivity index (χ2v) is 10.9. The Morgan fingerprint density at radius 3 is 2.19 bits per heavy atom. The molecule has 0 amide bonds. The largest absolute Gasteiger partial charge is 0.508 e. The first-order valence-electron chi connectivity index (χ1n) is 12.6. The van der Waals surface area contributed by atoms with Crippen LogP contribution in [-0.4, -0.2) is 43.3 Å². The smallest absolute Gasteiger partial charge is 0.320 e. The van der Waals surface area contributed by atoms with Gasteiger partial charge in [-0.25, -0.2) is 0 Å². The molecule has 200 valence electrons. The number of hydrogen-bond donors (Lipinski definition) is 3. The summed E-state index contributed by atoms with van der Waals surface area (Å²) in [5.74, 6) is -0.216. The monoisotopic (exact) mass is 528 g/mol. The molecule has 9 heteroatoms. The average Bonchev–Trinajstić information content (AvgIpc) is 3.26. The van der Waals surface area contributed by atoms with Crippen molar-refractivity contribution in [3.8, 4) is 5.75 Å². The molecule has 0 aliphatic heterocycles. The van der Waals surface area contributed by atoms with Gasteiger partial charge >= 0.3 is 11.9 Å². The Morgan fingerprint density at radius 2 is 1.62 bits per heavy atom. The predicted octanol–water partition coefficient (Wildman–Crippen LogP) is 4.71. The summed E-state index contributed by atoms with van der Waals surface area (Å²) >= 11 is 0. The first kappa shape index (κ1) is 28.6. The fourth-order valence-electron chi connectivity index (χ4n) is 4.22. The fourth-order valence-corrected chi connectivity index (χ4v) is 5.67. The third-order valence-corrected chi connectivity index (χ3v) is 7.73. The predicted molar refractivity (Wildman–Crippen MR) is 147 cm³/mol. The Labute approximate surface area is 219 Å². The van der Waals surface area contributed by atoms with Crippen molar-refractivity contribution in [2.45, 2.75) is 53.9 Å². The number of fused-ring (bicyclic) bond motifs is 1. The van der Waals surface area contributed by atoms with Crippen molar-refractivity contribution in [3.63, 3.8) is 0 Å². The normalized spacial score (nSPS) is 11.5. The van der Waals surface area contributed by atoms with Crippen LogP contribution in [0.5, 0.6) is 5.75 Å².